The predicted octanol–water partition coefficient (Wildman–Crippen LogP) is 1.40. The zero-order valence-electron chi connectivity index (χ0n) is 9.79. The standard InChI is InChI=1S/C12H17N3O/c1-3-10-14-9-6-7-4-5-8(13-7)11(9)12(15-10)16-2/h7-8,13H,3-6H2,1-2H3. The van der Waals surface area contributed by atoms with E-state index in [2.05, 4.69) is 22.2 Å². The minimum atomic E-state index is 0.412. The molecule has 0 amide bonds. The molecule has 16 heavy (non-hydrogen) atoms. The van der Waals surface area contributed by atoms with Gasteiger partial charge in [-0.2, -0.15) is 4.98 Å². The number of methoxy groups -OCH3 is 1. The van der Waals surface area contributed by atoms with Gasteiger partial charge in [-0.3, -0.25) is 0 Å². The normalized spacial score (nSPS) is 26.6. The van der Waals surface area contributed by atoms with Crippen molar-refractivity contribution in [2.75, 3.05) is 7.11 Å². The summed E-state index contributed by atoms with van der Waals surface area (Å²) < 4.78 is 5.41. The number of hydrogen-bond donors (Lipinski definition) is 1. The third kappa shape index (κ3) is 1.40. The van der Waals surface area contributed by atoms with Gasteiger partial charge in [-0.25, -0.2) is 4.98 Å². The van der Waals surface area contributed by atoms with Gasteiger partial charge in [0.15, 0.2) is 0 Å². The maximum atomic E-state index is 5.41. The first-order valence-corrected chi connectivity index (χ1v) is 6.01. The molecule has 4 nitrogen and oxygen atoms in total. The van der Waals surface area contributed by atoms with E-state index in [1.807, 2.05) is 0 Å². The first-order chi connectivity index (χ1) is 7.81. The fourth-order valence-corrected chi connectivity index (χ4v) is 2.80. The third-order valence-corrected chi connectivity index (χ3v) is 3.57. The Balaban J connectivity index is 2.12. The van der Waals surface area contributed by atoms with E-state index in [1.165, 1.54) is 24.1 Å². The number of aryl methyl sites for hydroxylation is 1. The smallest absolute Gasteiger partial charge is 0.221 e. The van der Waals surface area contributed by atoms with Gasteiger partial charge < -0.3 is 10.1 Å². The van der Waals surface area contributed by atoms with Gasteiger partial charge in [0.1, 0.15) is 5.82 Å². The SMILES string of the molecule is CCc1nc2c(c(OC)n1)C1CCC(C2)N1. The van der Waals surface area contributed by atoms with E-state index in [1.54, 1.807) is 7.11 Å². The lowest BCUT2D eigenvalue weighted by molar-refractivity contribution is 0.373. The molecule has 2 aliphatic rings. The Kier molecular flexibility index (Phi) is 2.32. The highest BCUT2D eigenvalue weighted by molar-refractivity contribution is 5.38. The van der Waals surface area contributed by atoms with Crippen LogP contribution >= 0.6 is 0 Å². The Morgan fingerprint density at radius 2 is 2.25 bits per heavy atom. The first kappa shape index (κ1) is 10.0. The minimum absolute atomic E-state index is 0.412. The maximum Gasteiger partial charge on any atom is 0.221 e. The number of fused-ring (bicyclic) bond motifs is 4. The van der Waals surface area contributed by atoms with Gasteiger partial charge >= 0.3 is 0 Å². The molecule has 3 rings (SSSR count). The van der Waals surface area contributed by atoms with E-state index >= 15 is 0 Å². The summed E-state index contributed by atoms with van der Waals surface area (Å²) in [6.07, 6.45) is 4.32. The van der Waals surface area contributed by atoms with Crippen LogP contribution in [-0.2, 0) is 12.8 Å². The number of hydrogen-bond acceptors (Lipinski definition) is 4. The van der Waals surface area contributed by atoms with Crippen LogP contribution in [0.1, 0.15) is 42.9 Å². The molecule has 0 aliphatic carbocycles. The zero-order valence-corrected chi connectivity index (χ0v) is 9.79. The average molecular weight is 219 g/mol. The lowest BCUT2D eigenvalue weighted by atomic mass is 10.0. The van der Waals surface area contributed by atoms with Crippen molar-refractivity contribution in [1.82, 2.24) is 15.3 Å². The van der Waals surface area contributed by atoms with Crippen molar-refractivity contribution >= 4 is 0 Å². The third-order valence-electron chi connectivity index (χ3n) is 3.57. The van der Waals surface area contributed by atoms with E-state index in [4.69, 9.17) is 4.74 Å². The van der Waals surface area contributed by atoms with Crippen molar-refractivity contribution in [3.63, 3.8) is 0 Å². The number of aromatic nitrogens is 2. The van der Waals surface area contributed by atoms with Crippen molar-refractivity contribution in [1.29, 1.82) is 0 Å². The molecule has 0 spiro atoms. The molecule has 2 unspecified atom stereocenters. The molecule has 2 atom stereocenters. The molecule has 1 saturated heterocycles. The Bertz CT molecular complexity index is 419. The summed E-state index contributed by atoms with van der Waals surface area (Å²) >= 11 is 0. The van der Waals surface area contributed by atoms with Crippen molar-refractivity contribution in [2.24, 2.45) is 0 Å². The number of rotatable bonds is 2. The summed E-state index contributed by atoms with van der Waals surface area (Å²) in [4.78, 5) is 9.12. The van der Waals surface area contributed by atoms with E-state index in [9.17, 15) is 0 Å². The lowest BCUT2D eigenvalue weighted by Crippen LogP contribution is -2.33. The van der Waals surface area contributed by atoms with E-state index < -0.39 is 0 Å². The Morgan fingerprint density at radius 3 is 3.00 bits per heavy atom. The van der Waals surface area contributed by atoms with Crippen molar-refractivity contribution < 1.29 is 4.74 Å². The van der Waals surface area contributed by atoms with Gasteiger partial charge in [0.05, 0.1) is 18.4 Å². The van der Waals surface area contributed by atoms with Crippen molar-refractivity contribution in [2.45, 2.75) is 44.7 Å². The summed E-state index contributed by atoms with van der Waals surface area (Å²) in [5.74, 6) is 1.68. The highest BCUT2D eigenvalue weighted by Gasteiger charge is 2.36. The number of ether oxygens (including phenoxy) is 1. The zero-order chi connectivity index (χ0) is 11.1. The molecule has 0 radical (unpaired) electrons. The average Bonchev–Trinajstić information content (AvgIpc) is 2.70. The van der Waals surface area contributed by atoms with Crippen LogP contribution in [-0.4, -0.2) is 23.1 Å². The van der Waals surface area contributed by atoms with Gasteiger partial charge in [-0.15, -0.1) is 0 Å². The van der Waals surface area contributed by atoms with Crippen LogP contribution in [0.2, 0.25) is 0 Å². The molecule has 1 aromatic heterocycles. The van der Waals surface area contributed by atoms with Gasteiger partial charge in [0.2, 0.25) is 5.88 Å². The largest absolute Gasteiger partial charge is 0.481 e. The fraction of sp³-hybridized carbons (Fsp3) is 0.667. The van der Waals surface area contributed by atoms with Gasteiger partial charge in [0.25, 0.3) is 0 Å². The van der Waals surface area contributed by atoms with Crippen LogP contribution in [0.25, 0.3) is 0 Å². The van der Waals surface area contributed by atoms with Crippen LogP contribution in [0.5, 0.6) is 5.88 Å². The molecule has 1 fully saturated rings. The number of nitrogens with zero attached hydrogens (tertiary/aromatic N) is 2. The summed E-state index contributed by atoms with van der Waals surface area (Å²) in [5, 5.41) is 3.60. The Labute approximate surface area is 95.4 Å². The molecule has 1 N–H and O–H groups in total. The molecule has 86 valence electrons. The monoisotopic (exact) mass is 219 g/mol. The quantitative estimate of drug-likeness (QED) is 0.816. The second kappa shape index (κ2) is 3.70. The fourth-order valence-electron chi connectivity index (χ4n) is 2.80. The van der Waals surface area contributed by atoms with E-state index in [0.717, 1.165) is 24.5 Å². The number of nitrogens with one attached hydrogen (secondary N) is 1. The predicted molar refractivity (Wildman–Crippen MR) is 60.6 cm³/mol. The topological polar surface area (TPSA) is 47.0 Å². The van der Waals surface area contributed by atoms with Gasteiger partial charge in [-0.1, -0.05) is 6.92 Å². The molecule has 0 aromatic carbocycles. The second-order valence-corrected chi connectivity index (χ2v) is 4.56. The van der Waals surface area contributed by atoms with Gasteiger partial charge in [0, 0.05) is 24.9 Å². The first-order valence-electron chi connectivity index (χ1n) is 6.01. The molecule has 2 aliphatic heterocycles. The molecule has 3 heterocycles. The van der Waals surface area contributed by atoms with Crippen LogP contribution in [0.3, 0.4) is 0 Å². The Morgan fingerprint density at radius 1 is 1.38 bits per heavy atom. The van der Waals surface area contributed by atoms with Crippen LogP contribution in [0.4, 0.5) is 0 Å². The lowest BCUT2D eigenvalue weighted by Gasteiger charge is -2.25. The Hall–Kier alpha value is -1.16. The molecule has 2 bridgehead atoms. The molecule has 0 saturated carbocycles. The highest BCUT2D eigenvalue weighted by Crippen LogP contribution is 2.39. The molecular formula is C12H17N3O. The van der Waals surface area contributed by atoms with Crippen molar-refractivity contribution in [3.05, 3.63) is 17.1 Å². The minimum Gasteiger partial charge on any atom is -0.481 e. The summed E-state index contributed by atoms with van der Waals surface area (Å²) in [6.45, 7) is 2.08. The summed E-state index contributed by atoms with van der Waals surface area (Å²) in [6, 6.07) is 1.02. The highest BCUT2D eigenvalue weighted by atomic mass is 16.5. The summed E-state index contributed by atoms with van der Waals surface area (Å²) in [5.41, 5.74) is 2.41. The van der Waals surface area contributed by atoms with Crippen LogP contribution in [0.15, 0.2) is 0 Å². The molecular weight excluding hydrogens is 202 g/mol. The maximum absolute atomic E-state index is 5.41. The van der Waals surface area contributed by atoms with E-state index in [0.29, 0.717) is 12.1 Å². The summed E-state index contributed by atoms with van der Waals surface area (Å²) in [7, 11) is 1.70. The molecule has 1 aromatic rings. The van der Waals surface area contributed by atoms with Gasteiger partial charge in [-0.05, 0) is 12.8 Å². The van der Waals surface area contributed by atoms with E-state index in [-0.39, 0.29) is 0 Å². The van der Waals surface area contributed by atoms with Crippen LogP contribution < -0.4 is 10.1 Å². The van der Waals surface area contributed by atoms with Crippen molar-refractivity contribution in [3.8, 4) is 5.88 Å². The van der Waals surface area contributed by atoms with Crippen LogP contribution in [0, 0.1) is 0 Å². The molecule has 4 heteroatoms. The second-order valence-electron chi connectivity index (χ2n) is 4.56.